The molecule has 2 aliphatic carbocycles. The van der Waals surface area contributed by atoms with E-state index in [0.29, 0.717) is 0 Å². The maximum atomic E-state index is 2.57. The van der Waals surface area contributed by atoms with Crippen LogP contribution in [-0.2, 0) is 12.8 Å². The summed E-state index contributed by atoms with van der Waals surface area (Å²) in [5, 5.41) is 31.1. The van der Waals surface area contributed by atoms with Gasteiger partial charge in [0.15, 0.2) is 0 Å². The van der Waals surface area contributed by atoms with Gasteiger partial charge >= 0.3 is 516 Å². The number of aryl methyl sites for hydroxylation is 2. The molecular weight excluding hydrogens is 1240 g/mol. The van der Waals surface area contributed by atoms with E-state index in [4.69, 9.17) is 0 Å². The second kappa shape index (κ2) is 19.1. The van der Waals surface area contributed by atoms with Crippen LogP contribution in [-0.4, -0.2) is 8.86 Å². The summed E-state index contributed by atoms with van der Waals surface area (Å²) in [4.78, 5) is 0. The molecule has 0 spiro atoms. The van der Waals surface area contributed by atoms with Crippen molar-refractivity contribution in [3.05, 3.63) is 200 Å². The van der Waals surface area contributed by atoms with Gasteiger partial charge in [0.1, 0.15) is 0 Å². The van der Waals surface area contributed by atoms with Gasteiger partial charge < -0.3 is 0 Å². The van der Waals surface area contributed by atoms with Crippen LogP contribution in [0, 0.1) is 7.14 Å². The molecule has 0 heterocycles. The van der Waals surface area contributed by atoms with Gasteiger partial charge in [-0.15, -0.1) is 0 Å². The summed E-state index contributed by atoms with van der Waals surface area (Å²) < 4.78 is 5.89. The summed E-state index contributed by atoms with van der Waals surface area (Å²) >= 11 is -0.391. The first kappa shape index (κ1) is 50.0. The van der Waals surface area contributed by atoms with Gasteiger partial charge in [-0.05, 0) is 0 Å². The first-order valence-corrected chi connectivity index (χ1v) is 36.3. The maximum absolute atomic E-state index is 2.57. The van der Waals surface area contributed by atoms with Crippen LogP contribution in [0.5, 0.6) is 0 Å². The Morgan fingerprint density at radius 3 is 0.940 bits per heavy atom. The Kier molecular flexibility index (Phi) is 11.3. The van der Waals surface area contributed by atoms with Gasteiger partial charge in [0.05, 0.1) is 0 Å². The molecule has 18 rings (SSSR count). The van der Waals surface area contributed by atoms with E-state index in [1.165, 1.54) is 222 Å². The molecule has 0 aromatic heterocycles. The van der Waals surface area contributed by atoms with Crippen molar-refractivity contribution in [2.75, 3.05) is 8.86 Å². The van der Waals surface area contributed by atoms with Crippen molar-refractivity contribution < 1.29 is 42.4 Å². The Morgan fingerprint density at radius 2 is 0.548 bits per heavy atom. The van der Waals surface area contributed by atoms with E-state index in [-0.39, 0.29) is 42.4 Å². The number of fused-ring (bicyclic) bond motifs is 16. The molecule has 0 N–H and O–H groups in total. The zero-order valence-corrected chi connectivity index (χ0v) is 52.5. The monoisotopic (exact) mass is 1300 g/mol. The van der Waals surface area contributed by atoms with Crippen molar-refractivity contribution in [1.82, 2.24) is 0 Å². The normalized spacial score (nSPS) is 13.0. The number of hydrogen-bond acceptors (Lipinski definition) is 0. The van der Waals surface area contributed by atoms with Crippen molar-refractivity contribution in [2.45, 2.75) is 79.1 Å². The zero-order chi connectivity index (χ0) is 55.6. The van der Waals surface area contributed by atoms with Gasteiger partial charge in [-0.1, -0.05) is 0 Å². The standard InChI is InChI=1S/C82H62I2/c1-5-9-25-49-47-27-17-19-29-55(47)81(83-43-7-3)79-63-38-34-54-53-33-37-60-73-59(36-32-52(68(53)73)51-31-35-57(69(49)79)71(63)67(51)54)75-65(45-21-13-11-14-22-45)77-61-40-39-58-70-50(26-10-6-2)48-28-18-20-30-56(48)82(84-44-8-4)80(70)64-42-41-62(74(61)72(58)64)78(77)66(76(60)75)46-23-15-12-16-24-46/h11-24,27-42H,5-10,25-26,43-44H2,1-4H3/q-2. The van der Waals surface area contributed by atoms with Gasteiger partial charge in [0.25, 0.3) is 0 Å². The molecule has 0 bridgehead atoms. The molecule has 0 atom stereocenters. The van der Waals surface area contributed by atoms with E-state index < -0.39 is 0 Å². The fourth-order valence-electron chi connectivity index (χ4n) is 16.6. The molecule has 0 aliphatic heterocycles. The van der Waals surface area contributed by atoms with Gasteiger partial charge in [-0.2, -0.15) is 0 Å². The first-order chi connectivity index (χ1) is 41.6. The SMILES string of the molecule is CCCCc1c2c(c([I-]CCC)c3ccccc13)-c1ccc3c4ccc5c6c(-c7ccccc7)c7c8ccc9c%10c(ccc(c7c(-c7ccccc7)c6c6ccc(c7ccc-2c1c73)c4c65)c%108)-c1c-9c([I-]CCC)c2ccccc2c1CCCC. The minimum absolute atomic E-state index is 0.183. The first-order valence-electron chi connectivity index (χ1n) is 31.1. The third-order valence-corrected chi connectivity index (χ3v) is 26.8. The van der Waals surface area contributed by atoms with Crippen LogP contribution in [0.15, 0.2) is 182 Å². The number of unbranched alkanes of at least 4 members (excludes halogenated alkanes) is 2. The van der Waals surface area contributed by atoms with Crippen molar-refractivity contribution in [3.63, 3.8) is 0 Å². The van der Waals surface area contributed by atoms with E-state index in [2.05, 4.69) is 210 Å². The molecule has 16 aromatic rings. The molecule has 2 aliphatic rings. The molecule has 0 fully saturated rings. The Hall–Kier alpha value is -7.38. The molecule has 0 saturated carbocycles. The molecule has 2 heteroatoms. The van der Waals surface area contributed by atoms with Crippen LogP contribution in [0.3, 0.4) is 0 Å². The van der Waals surface area contributed by atoms with Crippen molar-refractivity contribution in [3.8, 4) is 66.8 Å². The fourth-order valence-corrected chi connectivity index (χ4v) is 22.4. The quantitative estimate of drug-likeness (QED) is 0.0441. The molecule has 0 unspecified atom stereocenters. The van der Waals surface area contributed by atoms with Crippen LogP contribution < -0.4 is 42.4 Å². The number of halogens is 2. The summed E-state index contributed by atoms with van der Waals surface area (Å²) in [6, 6.07) is 72.5. The fraction of sp³-hybridized carbons (Fsp3) is 0.171. The second-order valence-electron chi connectivity index (χ2n) is 24.2. The third kappa shape index (κ3) is 6.54. The minimum atomic E-state index is -0.208. The molecule has 0 nitrogen and oxygen atoms in total. The number of rotatable bonds is 14. The van der Waals surface area contributed by atoms with Crippen LogP contribution >= 0.6 is 0 Å². The van der Waals surface area contributed by atoms with Gasteiger partial charge in [0.2, 0.25) is 0 Å². The summed E-state index contributed by atoms with van der Waals surface area (Å²) in [6.07, 6.45) is 9.43. The van der Waals surface area contributed by atoms with Crippen molar-refractivity contribution in [1.29, 1.82) is 0 Å². The molecule has 0 radical (unpaired) electrons. The van der Waals surface area contributed by atoms with Gasteiger partial charge in [-0.3, -0.25) is 0 Å². The number of alkyl halides is 2. The summed E-state index contributed by atoms with van der Waals surface area (Å²) in [6.45, 7) is 9.45. The van der Waals surface area contributed by atoms with E-state index in [9.17, 15) is 0 Å². The molecule has 0 saturated heterocycles. The number of hydrogen-bond donors (Lipinski definition) is 0. The predicted molar refractivity (Wildman–Crippen MR) is 357 cm³/mol. The Bertz CT molecular complexity index is 5130. The van der Waals surface area contributed by atoms with Crippen LogP contribution in [0.4, 0.5) is 0 Å². The Morgan fingerprint density at radius 1 is 0.238 bits per heavy atom. The molecule has 0 amide bonds. The summed E-state index contributed by atoms with van der Waals surface area (Å²) in [7, 11) is 0. The van der Waals surface area contributed by atoms with Crippen molar-refractivity contribution in [2.24, 2.45) is 0 Å². The second-order valence-corrected chi connectivity index (χ2v) is 30.1. The summed E-state index contributed by atoms with van der Waals surface area (Å²) in [5.74, 6) is 0. The van der Waals surface area contributed by atoms with Crippen LogP contribution in [0.25, 0.3) is 185 Å². The Labute approximate surface area is 511 Å². The Balaban J connectivity index is 0.972. The van der Waals surface area contributed by atoms with E-state index in [1.54, 1.807) is 29.4 Å². The average Bonchev–Trinajstić information content (AvgIpc) is 1.53. The topological polar surface area (TPSA) is 0 Å². The van der Waals surface area contributed by atoms with Gasteiger partial charge in [-0.25, -0.2) is 0 Å². The molecule has 84 heavy (non-hydrogen) atoms. The predicted octanol–water partition coefficient (Wildman–Crippen LogP) is 17.3. The third-order valence-electron chi connectivity index (χ3n) is 19.8. The van der Waals surface area contributed by atoms with E-state index in [0.717, 1.165) is 12.8 Å². The van der Waals surface area contributed by atoms with Crippen LogP contribution in [0.1, 0.15) is 77.3 Å². The molecule has 16 aromatic carbocycles. The zero-order valence-electron chi connectivity index (χ0n) is 48.1. The van der Waals surface area contributed by atoms with Gasteiger partial charge in [0, 0.05) is 0 Å². The summed E-state index contributed by atoms with van der Waals surface area (Å²) in [5.41, 5.74) is 20.4. The molecular formula is C82H62I2-2. The average molecular weight is 1300 g/mol. The van der Waals surface area contributed by atoms with E-state index >= 15 is 0 Å². The number of benzene rings is 14. The van der Waals surface area contributed by atoms with E-state index in [1.807, 2.05) is 0 Å². The molecule has 406 valence electrons. The van der Waals surface area contributed by atoms with Crippen molar-refractivity contribution >= 4 is 118 Å². The van der Waals surface area contributed by atoms with Crippen LogP contribution in [0.2, 0.25) is 0 Å².